The van der Waals surface area contributed by atoms with Crippen molar-refractivity contribution in [1.29, 1.82) is 0 Å². The molecule has 13 heteroatoms. The van der Waals surface area contributed by atoms with Crippen molar-refractivity contribution < 1.29 is 23.5 Å². The number of nitrogens with zero attached hydrogens (tertiary/aromatic N) is 4. The van der Waals surface area contributed by atoms with Crippen molar-refractivity contribution in [3.05, 3.63) is 107 Å². The molecule has 2 amide bonds. The molecule has 0 saturated carbocycles. The summed E-state index contributed by atoms with van der Waals surface area (Å²) < 4.78 is 15.6. The molecule has 6 N–H and O–H groups in total. The number of benzene rings is 2. The van der Waals surface area contributed by atoms with Crippen LogP contribution in [0.4, 0.5) is 11.4 Å². The van der Waals surface area contributed by atoms with Gasteiger partial charge in [-0.05, 0) is 86.1 Å². The van der Waals surface area contributed by atoms with E-state index in [9.17, 15) is 9.59 Å². The minimum atomic E-state index is -0.273. The van der Waals surface area contributed by atoms with Gasteiger partial charge in [0.2, 0.25) is 0 Å². The number of aromatic nitrogens is 2. The van der Waals surface area contributed by atoms with Crippen molar-refractivity contribution in [3.63, 3.8) is 0 Å². The molecule has 4 aromatic rings. The van der Waals surface area contributed by atoms with Crippen LogP contribution >= 0.6 is 0 Å². The number of aryl methyl sites for hydroxylation is 5. The highest BCUT2D eigenvalue weighted by Gasteiger charge is 2.18. The third-order valence-corrected chi connectivity index (χ3v) is 8.01. The number of carbonyl (C=O) groups is 2. The topological polar surface area (TPSA) is 192 Å². The Labute approximate surface area is 285 Å². The zero-order valence-electron chi connectivity index (χ0n) is 27.9. The summed E-state index contributed by atoms with van der Waals surface area (Å²) >= 11 is 0. The van der Waals surface area contributed by atoms with Gasteiger partial charge in [-0.3, -0.25) is 14.6 Å². The Balaban J connectivity index is 0.000000191. The molecule has 0 aliphatic carbocycles. The number of pyridine rings is 1. The van der Waals surface area contributed by atoms with Gasteiger partial charge in [0, 0.05) is 24.5 Å². The highest BCUT2D eigenvalue weighted by molar-refractivity contribution is 6.03. The second-order valence-corrected chi connectivity index (χ2v) is 11.8. The van der Waals surface area contributed by atoms with Gasteiger partial charge in [0.25, 0.3) is 23.9 Å². The van der Waals surface area contributed by atoms with E-state index in [0.29, 0.717) is 36.3 Å². The number of anilines is 2. The van der Waals surface area contributed by atoms with Crippen LogP contribution in [0, 0.1) is 13.8 Å². The molecule has 4 heterocycles. The third-order valence-electron chi connectivity index (χ3n) is 8.01. The van der Waals surface area contributed by atoms with E-state index in [1.54, 1.807) is 26.1 Å². The van der Waals surface area contributed by atoms with Gasteiger partial charge in [0.15, 0.2) is 11.6 Å². The Morgan fingerprint density at radius 1 is 0.755 bits per heavy atom. The van der Waals surface area contributed by atoms with E-state index in [-0.39, 0.29) is 35.9 Å². The van der Waals surface area contributed by atoms with Crippen LogP contribution in [-0.2, 0) is 28.7 Å². The van der Waals surface area contributed by atoms with Crippen molar-refractivity contribution in [2.45, 2.75) is 65.0 Å². The summed E-state index contributed by atoms with van der Waals surface area (Å²) in [6.45, 7) is 6.60. The number of aliphatic imine (C=N–C) groups is 2. The summed E-state index contributed by atoms with van der Waals surface area (Å²) in [7, 11) is 0. The van der Waals surface area contributed by atoms with Crippen LogP contribution in [0.2, 0.25) is 0 Å². The predicted octanol–water partition coefficient (Wildman–Crippen LogP) is 4.73. The molecule has 49 heavy (non-hydrogen) atoms. The maximum absolute atomic E-state index is 12.2. The van der Waals surface area contributed by atoms with Crippen molar-refractivity contribution in [1.82, 2.24) is 9.97 Å². The molecule has 6 rings (SSSR count). The highest BCUT2D eigenvalue weighted by atomic mass is 16.5. The highest BCUT2D eigenvalue weighted by Crippen LogP contribution is 2.18. The molecule has 0 radical (unpaired) electrons. The largest absolute Gasteiger partial charge is 0.463 e. The predicted molar refractivity (Wildman–Crippen MR) is 188 cm³/mol. The van der Waals surface area contributed by atoms with Gasteiger partial charge in [-0.1, -0.05) is 37.3 Å². The van der Waals surface area contributed by atoms with Crippen LogP contribution in [0.3, 0.4) is 0 Å². The number of nitrogens with one attached hydrogen (secondary N) is 2. The number of carbonyl (C=O) groups excluding carboxylic acids is 2. The smallest absolute Gasteiger partial charge is 0.282 e. The van der Waals surface area contributed by atoms with Gasteiger partial charge in [-0.2, -0.15) is 0 Å². The number of amidine groups is 2. The quantitative estimate of drug-likeness (QED) is 0.175. The molecule has 2 atom stereocenters. The lowest BCUT2D eigenvalue weighted by atomic mass is 10.1. The molecule has 0 bridgehead atoms. The summed E-state index contributed by atoms with van der Waals surface area (Å²) in [5, 5.41) is 5.69. The number of nitrogens with two attached hydrogens (primary N) is 2. The first-order chi connectivity index (χ1) is 23.6. The summed E-state index contributed by atoms with van der Waals surface area (Å²) in [6.07, 6.45) is 6.17. The summed E-state index contributed by atoms with van der Waals surface area (Å²) in [6, 6.07) is 20.0. The van der Waals surface area contributed by atoms with E-state index in [2.05, 4.69) is 37.5 Å². The SMILES string of the molecule is CCc1ccc(C(=O)Nc2ccc(CC[C@H]3COC(N)=N3)cc2)nc1.Cc1nc(C(=O)Nc2ccc(CC[C@H]3COC(N)=N3)cc2)c(C)o1. The fourth-order valence-electron chi connectivity index (χ4n) is 5.24. The minimum Gasteiger partial charge on any atom is -0.463 e. The zero-order valence-corrected chi connectivity index (χ0v) is 27.9. The first kappa shape index (κ1) is 34.6. The summed E-state index contributed by atoms with van der Waals surface area (Å²) in [5.74, 6) is 0.515. The van der Waals surface area contributed by atoms with Crippen LogP contribution in [0.15, 0.2) is 81.3 Å². The molecule has 0 fully saturated rings. The van der Waals surface area contributed by atoms with Crippen LogP contribution in [0.1, 0.15) is 69.1 Å². The fourth-order valence-corrected chi connectivity index (χ4v) is 5.24. The number of ether oxygens (including phenoxy) is 2. The van der Waals surface area contributed by atoms with Crippen molar-refractivity contribution in [2.24, 2.45) is 21.5 Å². The first-order valence-electron chi connectivity index (χ1n) is 16.3. The maximum Gasteiger partial charge on any atom is 0.282 e. The van der Waals surface area contributed by atoms with E-state index in [4.69, 9.17) is 25.4 Å². The number of hydrogen-bond donors (Lipinski definition) is 4. The first-order valence-corrected chi connectivity index (χ1v) is 16.3. The molecule has 0 saturated heterocycles. The zero-order chi connectivity index (χ0) is 34.8. The molecular weight excluding hydrogens is 624 g/mol. The van der Waals surface area contributed by atoms with Crippen molar-refractivity contribution in [2.75, 3.05) is 23.8 Å². The van der Waals surface area contributed by atoms with Gasteiger partial charge in [0.1, 0.15) is 24.7 Å². The van der Waals surface area contributed by atoms with Crippen molar-refractivity contribution >= 4 is 35.2 Å². The Hall–Kier alpha value is -5.72. The number of amides is 2. The van der Waals surface area contributed by atoms with Crippen LogP contribution < -0.4 is 22.1 Å². The monoisotopic (exact) mass is 666 g/mol. The lowest BCUT2D eigenvalue weighted by Gasteiger charge is -2.08. The average Bonchev–Trinajstić information content (AvgIpc) is 3.82. The molecule has 2 aromatic heterocycles. The fraction of sp³-hybridized carbons (Fsp3) is 0.333. The molecule has 0 spiro atoms. The van der Waals surface area contributed by atoms with Crippen LogP contribution in [-0.4, -0.2) is 59.1 Å². The third kappa shape index (κ3) is 10.1. The van der Waals surface area contributed by atoms with Gasteiger partial charge in [-0.25, -0.2) is 15.0 Å². The number of rotatable bonds is 11. The Morgan fingerprint density at radius 2 is 1.27 bits per heavy atom. The van der Waals surface area contributed by atoms with Gasteiger partial charge < -0.3 is 36.0 Å². The van der Waals surface area contributed by atoms with Gasteiger partial charge >= 0.3 is 0 Å². The molecular formula is C36H42N8O5. The van der Waals surface area contributed by atoms with E-state index in [0.717, 1.165) is 49.0 Å². The second kappa shape index (κ2) is 16.4. The normalized spacial score (nSPS) is 16.4. The maximum atomic E-state index is 12.2. The van der Waals surface area contributed by atoms with E-state index in [1.807, 2.05) is 54.6 Å². The van der Waals surface area contributed by atoms with E-state index in [1.165, 1.54) is 11.1 Å². The Morgan fingerprint density at radius 3 is 1.67 bits per heavy atom. The Kier molecular flexibility index (Phi) is 11.6. The van der Waals surface area contributed by atoms with Crippen molar-refractivity contribution in [3.8, 4) is 0 Å². The molecule has 2 aromatic carbocycles. The second-order valence-electron chi connectivity index (χ2n) is 11.8. The summed E-state index contributed by atoms with van der Waals surface area (Å²) in [4.78, 5) is 41.1. The number of hydrogen-bond acceptors (Lipinski definition) is 11. The Bertz CT molecular complexity index is 1780. The lowest BCUT2D eigenvalue weighted by Crippen LogP contribution is -2.13. The standard InChI is InChI=1S/C19H22N4O2.C17H20N4O3/c1-2-13-6-10-17(21-11-13)18(24)22-15-7-3-14(4-8-15)5-9-16-12-25-19(20)23-16;1-10-15(19-11(2)24-10)16(22)20-13-6-3-12(4-7-13)5-8-14-9-23-17(18)21-14/h3-4,6-8,10-11,16H,2,5,9,12H2,1H3,(H2,20,23)(H,22,24);3-4,6-7,14H,5,8-9H2,1-2H3,(H2,18,21)(H,20,22)/t16-;14-/m00/s1. The summed E-state index contributed by atoms with van der Waals surface area (Å²) in [5.41, 5.74) is 16.7. The lowest BCUT2D eigenvalue weighted by molar-refractivity contribution is 0.101. The minimum absolute atomic E-state index is 0.128. The van der Waals surface area contributed by atoms with Crippen LogP contribution in [0.25, 0.3) is 0 Å². The van der Waals surface area contributed by atoms with Crippen LogP contribution in [0.5, 0.6) is 0 Å². The molecule has 256 valence electrons. The van der Waals surface area contributed by atoms with E-state index < -0.39 is 0 Å². The average molecular weight is 667 g/mol. The van der Waals surface area contributed by atoms with Gasteiger partial charge in [-0.15, -0.1) is 0 Å². The van der Waals surface area contributed by atoms with Gasteiger partial charge in [0.05, 0.1) is 12.1 Å². The molecule has 0 unspecified atom stereocenters. The van der Waals surface area contributed by atoms with E-state index >= 15 is 0 Å². The molecule has 2 aliphatic heterocycles. The molecule has 13 nitrogen and oxygen atoms in total. The number of oxazole rings is 1. The molecule has 2 aliphatic rings.